The van der Waals surface area contributed by atoms with E-state index in [0.29, 0.717) is 0 Å². The second-order valence-corrected chi connectivity index (χ2v) is 4.99. The van der Waals surface area contributed by atoms with Gasteiger partial charge >= 0.3 is 0 Å². The first-order valence-electron chi connectivity index (χ1n) is 5.65. The molecular weight excluding hydrogens is 144 g/mol. The van der Waals surface area contributed by atoms with Gasteiger partial charge in [0.25, 0.3) is 0 Å². The minimum absolute atomic E-state index is 0.894. The van der Waals surface area contributed by atoms with Crippen molar-refractivity contribution in [3.05, 3.63) is 0 Å². The second-order valence-electron chi connectivity index (χ2n) is 4.99. The molecule has 1 aliphatic carbocycles. The summed E-state index contributed by atoms with van der Waals surface area (Å²) in [5.74, 6) is 3.94. The molecule has 0 heterocycles. The van der Waals surface area contributed by atoms with Crippen LogP contribution in [0.3, 0.4) is 0 Å². The smallest absolute Gasteiger partial charge is 0.0365 e. The summed E-state index contributed by atoms with van der Waals surface area (Å²) in [6.07, 6.45) is 5.86. The van der Waals surface area contributed by atoms with Crippen molar-refractivity contribution in [1.29, 1.82) is 0 Å². The van der Waals surface area contributed by atoms with Gasteiger partial charge in [-0.1, -0.05) is 40.5 Å². The van der Waals surface area contributed by atoms with E-state index in [-0.39, 0.29) is 0 Å². The molecule has 1 aliphatic rings. The van der Waals surface area contributed by atoms with Crippen LogP contribution in [-0.4, -0.2) is 0 Å². The molecule has 1 rings (SSSR count). The van der Waals surface area contributed by atoms with E-state index in [4.69, 9.17) is 0 Å². The van der Waals surface area contributed by atoms with Gasteiger partial charge in [-0.05, 0) is 36.5 Å². The maximum Gasteiger partial charge on any atom is -0.0365 e. The van der Waals surface area contributed by atoms with Crippen molar-refractivity contribution in [1.82, 2.24) is 0 Å². The Hall–Kier alpha value is 0. The summed E-state index contributed by atoms with van der Waals surface area (Å²) in [6.45, 7) is 9.54. The van der Waals surface area contributed by atoms with Crippen molar-refractivity contribution in [3.63, 3.8) is 0 Å². The van der Waals surface area contributed by atoms with Gasteiger partial charge in [0, 0.05) is 0 Å². The van der Waals surface area contributed by atoms with Crippen molar-refractivity contribution >= 4 is 0 Å². The second kappa shape index (κ2) is 4.30. The summed E-state index contributed by atoms with van der Waals surface area (Å²) in [7, 11) is 0. The topological polar surface area (TPSA) is 0 Å². The van der Waals surface area contributed by atoms with Crippen LogP contribution in [0.5, 0.6) is 0 Å². The highest BCUT2D eigenvalue weighted by Crippen LogP contribution is 2.39. The van der Waals surface area contributed by atoms with Crippen LogP contribution in [0.2, 0.25) is 0 Å². The molecule has 0 nitrogen and oxygen atoms in total. The van der Waals surface area contributed by atoms with Gasteiger partial charge in [-0.15, -0.1) is 0 Å². The zero-order valence-electron chi connectivity index (χ0n) is 9.14. The van der Waals surface area contributed by atoms with Gasteiger partial charge < -0.3 is 0 Å². The molecule has 0 N–H and O–H groups in total. The van der Waals surface area contributed by atoms with Crippen molar-refractivity contribution in [2.45, 2.75) is 53.4 Å². The van der Waals surface area contributed by atoms with Crippen LogP contribution >= 0.6 is 0 Å². The molecule has 1 fully saturated rings. The SMILES string of the molecule is CC[C@H](C(C)C)C1CCC(C)C1. The Kier molecular flexibility index (Phi) is 3.61. The van der Waals surface area contributed by atoms with Crippen LogP contribution in [-0.2, 0) is 0 Å². The first-order valence-corrected chi connectivity index (χ1v) is 5.65. The zero-order chi connectivity index (χ0) is 9.14. The van der Waals surface area contributed by atoms with E-state index >= 15 is 0 Å². The van der Waals surface area contributed by atoms with E-state index < -0.39 is 0 Å². The fourth-order valence-electron chi connectivity index (χ4n) is 2.99. The lowest BCUT2D eigenvalue weighted by Crippen LogP contribution is -2.17. The van der Waals surface area contributed by atoms with Crippen LogP contribution in [0.25, 0.3) is 0 Å². The largest absolute Gasteiger partial charge is 0.0651 e. The number of rotatable bonds is 3. The molecule has 2 unspecified atom stereocenters. The Labute approximate surface area is 77.7 Å². The van der Waals surface area contributed by atoms with Crippen LogP contribution in [0.4, 0.5) is 0 Å². The van der Waals surface area contributed by atoms with Crippen LogP contribution in [0.15, 0.2) is 0 Å². The third kappa shape index (κ3) is 2.24. The Balaban J connectivity index is 2.44. The quantitative estimate of drug-likeness (QED) is 0.595. The van der Waals surface area contributed by atoms with Crippen molar-refractivity contribution in [3.8, 4) is 0 Å². The summed E-state index contributed by atoms with van der Waals surface area (Å²) in [5, 5.41) is 0. The lowest BCUT2D eigenvalue weighted by Gasteiger charge is -2.25. The summed E-state index contributed by atoms with van der Waals surface area (Å²) in [4.78, 5) is 0. The number of hydrogen-bond donors (Lipinski definition) is 0. The van der Waals surface area contributed by atoms with Gasteiger partial charge in [-0.3, -0.25) is 0 Å². The fraction of sp³-hybridized carbons (Fsp3) is 1.00. The standard InChI is InChI=1S/C12H24/c1-5-12(9(2)3)11-7-6-10(4)8-11/h9-12H,5-8H2,1-4H3/t10?,11?,12-/m1/s1. The summed E-state index contributed by atoms with van der Waals surface area (Å²) in [5.41, 5.74) is 0. The molecule has 0 spiro atoms. The van der Waals surface area contributed by atoms with Crippen molar-refractivity contribution in [2.75, 3.05) is 0 Å². The molecule has 0 aromatic heterocycles. The maximum absolute atomic E-state index is 2.41. The molecule has 0 heteroatoms. The van der Waals surface area contributed by atoms with Gasteiger partial charge in [0.05, 0.1) is 0 Å². The van der Waals surface area contributed by atoms with E-state index in [1.165, 1.54) is 25.7 Å². The third-order valence-electron chi connectivity index (χ3n) is 3.67. The first-order chi connectivity index (χ1) is 5.65. The minimum atomic E-state index is 0.894. The van der Waals surface area contributed by atoms with E-state index in [9.17, 15) is 0 Å². The zero-order valence-corrected chi connectivity index (χ0v) is 9.14. The van der Waals surface area contributed by atoms with Gasteiger partial charge in [0.15, 0.2) is 0 Å². The van der Waals surface area contributed by atoms with E-state index in [0.717, 1.165) is 23.7 Å². The highest BCUT2D eigenvalue weighted by Gasteiger charge is 2.29. The van der Waals surface area contributed by atoms with Crippen LogP contribution in [0, 0.1) is 23.7 Å². The fourth-order valence-corrected chi connectivity index (χ4v) is 2.99. The molecule has 0 saturated heterocycles. The molecule has 12 heavy (non-hydrogen) atoms. The molecule has 0 bridgehead atoms. The molecule has 0 aromatic rings. The molecule has 72 valence electrons. The normalized spacial score (nSPS) is 32.8. The molecule has 0 radical (unpaired) electrons. The minimum Gasteiger partial charge on any atom is -0.0651 e. The average molecular weight is 168 g/mol. The first kappa shape index (κ1) is 10.1. The Morgan fingerprint density at radius 2 is 1.92 bits per heavy atom. The van der Waals surface area contributed by atoms with Crippen molar-refractivity contribution < 1.29 is 0 Å². The predicted octanol–water partition coefficient (Wildman–Crippen LogP) is 4.10. The number of hydrogen-bond acceptors (Lipinski definition) is 0. The Morgan fingerprint density at radius 1 is 1.25 bits per heavy atom. The van der Waals surface area contributed by atoms with Crippen molar-refractivity contribution in [2.24, 2.45) is 23.7 Å². The lowest BCUT2D eigenvalue weighted by atomic mass is 9.80. The summed E-state index contributed by atoms with van der Waals surface area (Å²) >= 11 is 0. The van der Waals surface area contributed by atoms with Crippen LogP contribution < -0.4 is 0 Å². The van der Waals surface area contributed by atoms with E-state index in [2.05, 4.69) is 27.7 Å². The summed E-state index contributed by atoms with van der Waals surface area (Å²) < 4.78 is 0. The van der Waals surface area contributed by atoms with Gasteiger partial charge in [0.1, 0.15) is 0 Å². The molecular formula is C12H24. The molecule has 3 atom stereocenters. The maximum atomic E-state index is 2.41. The van der Waals surface area contributed by atoms with E-state index in [1.54, 1.807) is 0 Å². The highest BCUT2D eigenvalue weighted by molar-refractivity contribution is 4.79. The van der Waals surface area contributed by atoms with E-state index in [1.807, 2.05) is 0 Å². The lowest BCUT2D eigenvalue weighted by molar-refractivity contribution is 0.244. The molecule has 0 aromatic carbocycles. The van der Waals surface area contributed by atoms with Gasteiger partial charge in [-0.2, -0.15) is 0 Å². The van der Waals surface area contributed by atoms with Gasteiger partial charge in [-0.25, -0.2) is 0 Å². The van der Waals surface area contributed by atoms with Gasteiger partial charge in [0.2, 0.25) is 0 Å². The third-order valence-corrected chi connectivity index (χ3v) is 3.67. The molecule has 0 aliphatic heterocycles. The molecule has 1 saturated carbocycles. The Bertz CT molecular complexity index is 126. The summed E-state index contributed by atoms with van der Waals surface area (Å²) in [6, 6.07) is 0. The Morgan fingerprint density at radius 3 is 2.25 bits per heavy atom. The molecule has 0 amide bonds. The van der Waals surface area contributed by atoms with Crippen LogP contribution in [0.1, 0.15) is 53.4 Å². The monoisotopic (exact) mass is 168 g/mol. The average Bonchev–Trinajstić information content (AvgIpc) is 2.37. The highest BCUT2D eigenvalue weighted by atomic mass is 14.3. The predicted molar refractivity (Wildman–Crippen MR) is 55.1 cm³/mol.